The number of nitrogens with zero attached hydrogens (tertiary/aromatic N) is 1. The van der Waals surface area contributed by atoms with Crippen LogP contribution in [0.3, 0.4) is 0 Å². The first-order valence-corrected chi connectivity index (χ1v) is 7.88. The van der Waals surface area contributed by atoms with Crippen LogP contribution in [0.25, 0.3) is 0 Å². The van der Waals surface area contributed by atoms with E-state index in [1.165, 1.54) is 19.3 Å². The molecule has 1 aliphatic carbocycles. The second-order valence-corrected chi connectivity index (χ2v) is 5.70. The SMILES string of the molecule is CNCCN(C)C(=O)c1ccccc1OC1CCCCC1.Cl. The van der Waals surface area contributed by atoms with Gasteiger partial charge >= 0.3 is 0 Å². The van der Waals surface area contributed by atoms with E-state index in [1.54, 1.807) is 4.90 Å². The smallest absolute Gasteiger partial charge is 0.257 e. The van der Waals surface area contributed by atoms with Crippen molar-refractivity contribution in [3.63, 3.8) is 0 Å². The van der Waals surface area contributed by atoms with Crippen LogP contribution in [0.4, 0.5) is 0 Å². The third kappa shape index (κ3) is 5.18. The molecule has 1 aliphatic rings. The van der Waals surface area contributed by atoms with Crippen molar-refractivity contribution in [1.29, 1.82) is 0 Å². The fraction of sp³-hybridized carbons (Fsp3) is 0.588. The lowest BCUT2D eigenvalue weighted by Gasteiger charge is -2.25. The Morgan fingerprint density at radius 1 is 1.27 bits per heavy atom. The molecule has 0 bridgehead atoms. The largest absolute Gasteiger partial charge is 0.490 e. The van der Waals surface area contributed by atoms with Crippen molar-refractivity contribution in [3.8, 4) is 5.75 Å². The topological polar surface area (TPSA) is 41.6 Å². The summed E-state index contributed by atoms with van der Waals surface area (Å²) in [6, 6.07) is 7.60. The molecule has 0 atom stereocenters. The van der Waals surface area contributed by atoms with Gasteiger partial charge in [0.15, 0.2) is 0 Å². The molecule has 4 nitrogen and oxygen atoms in total. The van der Waals surface area contributed by atoms with Crippen molar-refractivity contribution in [2.45, 2.75) is 38.2 Å². The summed E-state index contributed by atoms with van der Waals surface area (Å²) in [7, 11) is 3.72. The minimum absolute atomic E-state index is 0. The van der Waals surface area contributed by atoms with Gasteiger partial charge in [-0.05, 0) is 44.9 Å². The maximum Gasteiger partial charge on any atom is 0.257 e. The molecule has 0 heterocycles. The molecule has 2 rings (SSSR count). The van der Waals surface area contributed by atoms with E-state index in [4.69, 9.17) is 4.74 Å². The van der Waals surface area contributed by atoms with Crippen LogP contribution in [0.15, 0.2) is 24.3 Å². The standard InChI is InChI=1S/C17H26N2O2.ClH/c1-18-12-13-19(2)17(20)15-10-6-7-11-16(15)21-14-8-4-3-5-9-14;/h6-7,10-11,14,18H,3-5,8-9,12-13H2,1-2H3;1H. The summed E-state index contributed by atoms with van der Waals surface area (Å²) in [6.07, 6.45) is 6.20. The Kier molecular flexibility index (Phi) is 8.28. The summed E-state index contributed by atoms with van der Waals surface area (Å²) in [4.78, 5) is 14.3. The van der Waals surface area contributed by atoms with Crippen LogP contribution in [0.1, 0.15) is 42.5 Å². The second kappa shape index (κ2) is 9.70. The third-order valence-electron chi connectivity index (χ3n) is 4.01. The van der Waals surface area contributed by atoms with Gasteiger partial charge in [0.25, 0.3) is 5.91 Å². The summed E-state index contributed by atoms with van der Waals surface area (Å²) < 4.78 is 6.10. The lowest BCUT2D eigenvalue weighted by Crippen LogP contribution is -2.33. The van der Waals surface area contributed by atoms with Gasteiger partial charge in [-0.15, -0.1) is 12.4 Å². The van der Waals surface area contributed by atoms with E-state index in [-0.39, 0.29) is 24.4 Å². The van der Waals surface area contributed by atoms with Crippen molar-refractivity contribution >= 4 is 18.3 Å². The summed E-state index contributed by atoms with van der Waals surface area (Å²) in [5, 5.41) is 3.06. The first kappa shape index (κ1) is 18.8. The molecular formula is C17H27ClN2O2. The molecule has 124 valence electrons. The minimum atomic E-state index is 0. The number of carbonyl (C=O) groups is 1. The predicted molar refractivity (Wildman–Crippen MR) is 92.1 cm³/mol. The number of halogens is 1. The summed E-state index contributed by atoms with van der Waals surface area (Å²) in [5.41, 5.74) is 0.668. The molecule has 1 fully saturated rings. The van der Waals surface area contributed by atoms with Gasteiger partial charge in [0, 0.05) is 20.1 Å². The van der Waals surface area contributed by atoms with Gasteiger partial charge in [-0.2, -0.15) is 0 Å². The maximum absolute atomic E-state index is 12.5. The predicted octanol–water partition coefficient (Wildman–Crippen LogP) is 3.11. The molecular weight excluding hydrogens is 300 g/mol. The van der Waals surface area contributed by atoms with E-state index in [0.29, 0.717) is 12.1 Å². The number of benzene rings is 1. The van der Waals surface area contributed by atoms with E-state index in [1.807, 2.05) is 38.4 Å². The molecule has 0 radical (unpaired) electrons. The number of para-hydroxylation sites is 1. The molecule has 0 saturated heterocycles. The van der Waals surface area contributed by atoms with Crippen LogP contribution in [0, 0.1) is 0 Å². The Morgan fingerprint density at radius 3 is 2.64 bits per heavy atom. The van der Waals surface area contributed by atoms with Gasteiger partial charge in [-0.25, -0.2) is 0 Å². The van der Waals surface area contributed by atoms with E-state index < -0.39 is 0 Å². The molecule has 0 spiro atoms. The van der Waals surface area contributed by atoms with Gasteiger partial charge in [-0.3, -0.25) is 4.79 Å². The molecule has 22 heavy (non-hydrogen) atoms. The second-order valence-electron chi connectivity index (χ2n) is 5.70. The van der Waals surface area contributed by atoms with Crippen molar-refractivity contribution in [2.75, 3.05) is 27.2 Å². The number of likely N-dealkylation sites (N-methyl/N-ethyl adjacent to an activating group) is 2. The quantitative estimate of drug-likeness (QED) is 0.873. The van der Waals surface area contributed by atoms with Crippen LogP contribution in [0.5, 0.6) is 5.75 Å². The summed E-state index contributed by atoms with van der Waals surface area (Å²) in [5.74, 6) is 0.752. The highest BCUT2D eigenvalue weighted by Gasteiger charge is 2.20. The third-order valence-corrected chi connectivity index (χ3v) is 4.01. The zero-order chi connectivity index (χ0) is 15.1. The number of carbonyl (C=O) groups excluding carboxylic acids is 1. The number of ether oxygens (including phenoxy) is 1. The van der Waals surface area contributed by atoms with Crippen molar-refractivity contribution < 1.29 is 9.53 Å². The fourth-order valence-corrected chi connectivity index (χ4v) is 2.70. The average Bonchev–Trinajstić information content (AvgIpc) is 2.53. The maximum atomic E-state index is 12.5. The highest BCUT2D eigenvalue weighted by molar-refractivity contribution is 5.96. The zero-order valence-electron chi connectivity index (χ0n) is 13.5. The highest BCUT2D eigenvalue weighted by Crippen LogP contribution is 2.26. The van der Waals surface area contributed by atoms with E-state index in [9.17, 15) is 4.79 Å². The molecule has 1 aromatic carbocycles. The number of hydrogen-bond donors (Lipinski definition) is 1. The molecule has 0 aromatic heterocycles. The summed E-state index contributed by atoms with van der Waals surface area (Å²) in [6.45, 7) is 1.47. The molecule has 1 N–H and O–H groups in total. The van der Waals surface area contributed by atoms with Gasteiger partial charge in [-0.1, -0.05) is 18.6 Å². The van der Waals surface area contributed by atoms with E-state index in [0.717, 1.165) is 25.1 Å². The Labute approximate surface area is 139 Å². The van der Waals surface area contributed by atoms with Crippen LogP contribution < -0.4 is 10.1 Å². The van der Waals surface area contributed by atoms with Crippen molar-refractivity contribution in [2.24, 2.45) is 0 Å². The zero-order valence-corrected chi connectivity index (χ0v) is 14.3. The molecule has 1 amide bonds. The monoisotopic (exact) mass is 326 g/mol. The van der Waals surface area contributed by atoms with Crippen LogP contribution >= 0.6 is 12.4 Å². The number of hydrogen-bond acceptors (Lipinski definition) is 3. The van der Waals surface area contributed by atoms with Gasteiger partial charge < -0.3 is 15.0 Å². The van der Waals surface area contributed by atoms with Crippen molar-refractivity contribution in [1.82, 2.24) is 10.2 Å². The Bertz CT molecular complexity index is 462. The minimum Gasteiger partial charge on any atom is -0.490 e. The van der Waals surface area contributed by atoms with E-state index in [2.05, 4.69) is 5.32 Å². The molecule has 0 unspecified atom stereocenters. The lowest BCUT2D eigenvalue weighted by molar-refractivity contribution is 0.0785. The first-order valence-electron chi connectivity index (χ1n) is 7.88. The Balaban J connectivity index is 0.00000242. The first-order chi connectivity index (χ1) is 10.2. The van der Waals surface area contributed by atoms with Gasteiger partial charge in [0.2, 0.25) is 0 Å². The summed E-state index contributed by atoms with van der Waals surface area (Å²) >= 11 is 0. The Hall–Kier alpha value is -1.26. The number of rotatable bonds is 6. The normalized spacial score (nSPS) is 15.0. The van der Waals surface area contributed by atoms with Crippen LogP contribution in [0.2, 0.25) is 0 Å². The van der Waals surface area contributed by atoms with Gasteiger partial charge in [0.05, 0.1) is 11.7 Å². The number of amides is 1. The number of nitrogens with one attached hydrogen (secondary N) is 1. The average molecular weight is 327 g/mol. The highest BCUT2D eigenvalue weighted by atomic mass is 35.5. The lowest BCUT2D eigenvalue weighted by atomic mass is 9.97. The fourth-order valence-electron chi connectivity index (χ4n) is 2.70. The van der Waals surface area contributed by atoms with Gasteiger partial charge in [0.1, 0.15) is 5.75 Å². The molecule has 1 aromatic rings. The molecule has 0 aliphatic heterocycles. The molecule has 5 heteroatoms. The van der Waals surface area contributed by atoms with Crippen LogP contribution in [-0.2, 0) is 0 Å². The molecule has 1 saturated carbocycles. The van der Waals surface area contributed by atoms with Crippen molar-refractivity contribution in [3.05, 3.63) is 29.8 Å². The van der Waals surface area contributed by atoms with Crippen LogP contribution in [-0.4, -0.2) is 44.1 Å². The Morgan fingerprint density at radius 2 is 1.95 bits per heavy atom. The van der Waals surface area contributed by atoms with E-state index >= 15 is 0 Å².